The van der Waals surface area contributed by atoms with Gasteiger partial charge in [0.05, 0.1) is 9.98 Å². The number of nitrogens with zero attached hydrogens (tertiary/aromatic N) is 1. The smallest absolute Gasteiger partial charge is 0.266 e. The SMILES string of the molecule is Nc1c(F)ccc(S(=O)(=O)Nc2ncc(Br)s2)c1F. The first-order valence-electron chi connectivity index (χ1n) is 4.69. The molecule has 1 aromatic carbocycles. The summed E-state index contributed by atoms with van der Waals surface area (Å²) < 4.78 is 53.1. The Morgan fingerprint density at radius 3 is 2.63 bits per heavy atom. The number of thiazole rings is 1. The van der Waals surface area contributed by atoms with Crippen LogP contribution in [-0.4, -0.2) is 13.4 Å². The van der Waals surface area contributed by atoms with E-state index < -0.39 is 32.2 Å². The molecule has 0 aliphatic carbocycles. The molecule has 10 heteroatoms. The van der Waals surface area contributed by atoms with Crippen LogP contribution in [0, 0.1) is 11.6 Å². The molecular formula is C9H6BrF2N3O2S2. The van der Waals surface area contributed by atoms with Crippen LogP contribution in [0.4, 0.5) is 19.6 Å². The molecule has 2 aromatic rings. The number of rotatable bonds is 3. The number of hydrogen-bond acceptors (Lipinski definition) is 5. The van der Waals surface area contributed by atoms with Crippen molar-refractivity contribution in [1.82, 2.24) is 4.98 Å². The van der Waals surface area contributed by atoms with E-state index in [1.807, 2.05) is 0 Å². The molecule has 0 bridgehead atoms. The number of nitrogen functional groups attached to an aromatic ring is 1. The van der Waals surface area contributed by atoms with Gasteiger partial charge in [0, 0.05) is 0 Å². The molecule has 0 amide bonds. The number of halogens is 3. The molecule has 19 heavy (non-hydrogen) atoms. The molecule has 0 saturated carbocycles. The lowest BCUT2D eigenvalue weighted by Crippen LogP contribution is -2.15. The summed E-state index contributed by atoms with van der Waals surface area (Å²) in [5.74, 6) is -2.35. The van der Waals surface area contributed by atoms with Crippen LogP contribution in [0.5, 0.6) is 0 Å². The molecule has 0 unspecified atom stereocenters. The molecule has 3 N–H and O–H groups in total. The minimum Gasteiger partial charge on any atom is -0.394 e. The van der Waals surface area contributed by atoms with E-state index >= 15 is 0 Å². The van der Waals surface area contributed by atoms with Gasteiger partial charge < -0.3 is 5.73 Å². The van der Waals surface area contributed by atoms with Crippen molar-refractivity contribution < 1.29 is 17.2 Å². The third-order valence-corrected chi connectivity index (χ3v) is 4.96. The third-order valence-electron chi connectivity index (χ3n) is 2.08. The predicted molar refractivity (Wildman–Crippen MR) is 71.4 cm³/mol. The topological polar surface area (TPSA) is 85.1 Å². The molecule has 0 radical (unpaired) electrons. The molecule has 2 rings (SSSR count). The van der Waals surface area contributed by atoms with Gasteiger partial charge in [0.1, 0.15) is 16.4 Å². The Labute approximate surface area is 119 Å². The molecule has 102 valence electrons. The lowest BCUT2D eigenvalue weighted by atomic mass is 10.3. The number of hydrogen-bond donors (Lipinski definition) is 2. The molecule has 1 heterocycles. The molecule has 0 saturated heterocycles. The van der Waals surface area contributed by atoms with Crippen molar-refractivity contribution in [2.45, 2.75) is 4.90 Å². The van der Waals surface area contributed by atoms with Crippen LogP contribution in [0.2, 0.25) is 0 Å². The van der Waals surface area contributed by atoms with Gasteiger partial charge >= 0.3 is 0 Å². The molecule has 0 aliphatic heterocycles. The third kappa shape index (κ3) is 2.85. The molecule has 0 atom stereocenters. The van der Waals surface area contributed by atoms with Crippen LogP contribution < -0.4 is 10.5 Å². The summed E-state index contributed by atoms with van der Waals surface area (Å²) in [4.78, 5) is 3.01. The van der Waals surface area contributed by atoms with Gasteiger partial charge in [-0.3, -0.25) is 4.72 Å². The molecule has 0 fully saturated rings. The van der Waals surface area contributed by atoms with Gasteiger partial charge in [-0.25, -0.2) is 22.2 Å². The zero-order chi connectivity index (χ0) is 14.2. The second kappa shape index (κ2) is 5.02. The molecule has 1 aromatic heterocycles. The Balaban J connectivity index is 2.43. The highest BCUT2D eigenvalue weighted by molar-refractivity contribution is 9.11. The summed E-state index contributed by atoms with van der Waals surface area (Å²) >= 11 is 4.12. The van der Waals surface area contributed by atoms with Crippen LogP contribution >= 0.6 is 27.3 Å². The van der Waals surface area contributed by atoms with Crippen molar-refractivity contribution >= 4 is 48.1 Å². The Morgan fingerprint density at radius 1 is 1.37 bits per heavy atom. The fourth-order valence-corrected chi connectivity index (χ4v) is 3.67. The number of nitrogens with one attached hydrogen (secondary N) is 1. The maximum absolute atomic E-state index is 13.7. The fraction of sp³-hybridized carbons (Fsp3) is 0. The summed E-state index contributed by atoms with van der Waals surface area (Å²) in [5.41, 5.74) is 4.27. The maximum Gasteiger partial charge on any atom is 0.266 e. The number of anilines is 2. The van der Waals surface area contributed by atoms with E-state index in [2.05, 4.69) is 25.6 Å². The number of aromatic nitrogens is 1. The van der Waals surface area contributed by atoms with Gasteiger partial charge in [-0.15, -0.1) is 0 Å². The van der Waals surface area contributed by atoms with Crippen LogP contribution in [0.15, 0.2) is 27.0 Å². The summed E-state index contributed by atoms with van der Waals surface area (Å²) in [5, 5.41) is 0.0502. The van der Waals surface area contributed by atoms with E-state index in [4.69, 9.17) is 5.73 Å². The van der Waals surface area contributed by atoms with E-state index in [1.165, 1.54) is 6.20 Å². The summed E-state index contributed by atoms with van der Waals surface area (Å²) in [6, 6.07) is 1.58. The molecular weight excluding hydrogens is 364 g/mol. The fourth-order valence-electron chi connectivity index (χ4n) is 1.23. The largest absolute Gasteiger partial charge is 0.394 e. The van der Waals surface area contributed by atoms with Crippen molar-refractivity contribution in [3.05, 3.63) is 33.8 Å². The second-order valence-corrected chi connectivity index (χ2v) is 7.41. The van der Waals surface area contributed by atoms with Gasteiger partial charge in [0.2, 0.25) is 0 Å². The predicted octanol–water partition coefficient (Wildman–Crippen LogP) is 2.57. The molecule has 0 spiro atoms. The van der Waals surface area contributed by atoms with Crippen molar-refractivity contribution in [3.8, 4) is 0 Å². The van der Waals surface area contributed by atoms with Crippen molar-refractivity contribution in [2.24, 2.45) is 0 Å². The van der Waals surface area contributed by atoms with Gasteiger partial charge in [-0.1, -0.05) is 11.3 Å². The van der Waals surface area contributed by atoms with Crippen LogP contribution in [0.1, 0.15) is 0 Å². The van der Waals surface area contributed by atoms with E-state index in [0.29, 0.717) is 3.79 Å². The first-order valence-corrected chi connectivity index (χ1v) is 7.78. The summed E-state index contributed by atoms with van der Waals surface area (Å²) in [6.07, 6.45) is 1.39. The van der Waals surface area contributed by atoms with Crippen LogP contribution in [-0.2, 0) is 10.0 Å². The normalized spacial score (nSPS) is 11.5. The quantitative estimate of drug-likeness (QED) is 0.814. The average Bonchev–Trinajstić information content (AvgIpc) is 2.70. The zero-order valence-electron chi connectivity index (χ0n) is 9.02. The number of benzene rings is 1. The van der Waals surface area contributed by atoms with E-state index in [0.717, 1.165) is 23.5 Å². The highest BCUT2D eigenvalue weighted by Crippen LogP contribution is 2.28. The molecule has 0 aliphatic rings. The standard InChI is InChI=1S/C9H6BrF2N3O2S2/c10-6-3-14-9(18-6)15-19(16,17)5-2-1-4(11)8(13)7(5)12/h1-3H,13H2,(H,14,15). The Hall–Kier alpha value is -1.26. The van der Waals surface area contributed by atoms with Gasteiger partial charge in [-0.05, 0) is 28.1 Å². The minimum atomic E-state index is -4.21. The lowest BCUT2D eigenvalue weighted by molar-refractivity contribution is 0.557. The van der Waals surface area contributed by atoms with Gasteiger partial charge in [-0.2, -0.15) is 0 Å². The van der Waals surface area contributed by atoms with E-state index in [9.17, 15) is 17.2 Å². The van der Waals surface area contributed by atoms with Gasteiger partial charge in [0.15, 0.2) is 10.9 Å². The first-order chi connectivity index (χ1) is 8.81. The Morgan fingerprint density at radius 2 is 2.05 bits per heavy atom. The lowest BCUT2D eigenvalue weighted by Gasteiger charge is -2.08. The van der Waals surface area contributed by atoms with Crippen LogP contribution in [0.3, 0.4) is 0 Å². The van der Waals surface area contributed by atoms with Crippen molar-refractivity contribution in [1.29, 1.82) is 0 Å². The van der Waals surface area contributed by atoms with Crippen molar-refractivity contribution in [3.63, 3.8) is 0 Å². The van der Waals surface area contributed by atoms with Crippen molar-refractivity contribution in [2.75, 3.05) is 10.5 Å². The van der Waals surface area contributed by atoms with E-state index in [-0.39, 0.29) is 5.13 Å². The summed E-state index contributed by atoms with van der Waals surface area (Å²) in [6.45, 7) is 0. The second-order valence-electron chi connectivity index (χ2n) is 3.35. The first kappa shape index (κ1) is 14.2. The Bertz CT molecular complexity index is 733. The Kier molecular flexibility index (Phi) is 3.74. The average molecular weight is 370 g/mol. The zero-order valence-corrected chi connectivity index (χ0v) is 12.2. The number of nitrogens with two attached hydrogens (primary N) is 1. The van der Waals surface area contributed by atoms with E-state index in [1.54, 1.807) is 0 Å². The summed E-state index contributed by atoms with van der Waals surface area (Å²) in [7, 11) is -4.21. The number of sulfonamides is 1. The van der Waals surface area contributed by atoms with Crippen LogP contribution in [0.25, 0.3) is 0 Å². The highest BCUT2D eigenvalue weighted by Gasteiger charge is 2.23. The minimum absolute atomic E-state index is 0.0502. The maximum atomic E-state index is 13.7. The molecule has 5 nitrogen and oxygen atoms in total. The monoisotopic (exact) mass is 369 g/mol. The highest BCUT2D eigenvalue weighted by atomic mass is 79.9. The van der Waals surface area contributed by atoms with Gasteiger partial charge in [0.25, 0.3) is 10.0 Å².